The fraction of sp³-hybridized carbons (Fsp3) is 0.263. The van der Waals surface area contributed by atoms with Crippen molar-refractivity contribution >= 4 is 33.4 Å². The molecule has 4 nitrogen and oxygen atoms in total. The molecule has 0 aliphatic carbocycles. The maximum absolute atomic E-state index is 14.1. The quantitative estimate of drug-likeness (QED) is 0.763. The summed E-state index contributed by atoms with van der Waals surface area (Å²) in [6.45, 7) is 4.15. The number of halogens is 2. The first-order valence-corrected chi connectivity index (χ1v) is 8.82. The lowest BCUT2D eigenvalue weighted by Crippen LogP contribution is -2.58. The van der Waals surface area contributed by atoms with E-state index >= 15 is 0 Å². The molecule has 0 aromatic heterocycles. The highest BCUT2D eigenvalue weighted by Crippen LogP contribution is 2.26. The Kier molecular flexibility index (Phi) is 4.90. The van der Waals surface area contributed by atoms with Gasteiger partial charge in [-0.25, -0.2) is 4.39 Å². The molecule has 1 atom stereocenters. The van der Waals surface area contributed by atoms with Crippen LogP contribution in [-0.2, 0) is 4.79 Å². The Morgan fingerprint density at radius 2 is 1.96 bits per heavy atom. The predicted molar refractivity (Wildman–Crippen MR) is 98.1 cm³/mol. The minimum absolute atomic E-state index is 0.202. The van der Waals surface area contributed by atoms with Crippen LogP contribution in [0.4, 0.5) is 10.1 Å². The molecule has 3 rings (SSSR count). The third kappa shape index (κ3) is 3.44. The van der Waals surface area contributed by atoms with Gasteiger partial charge in [0.2, 0.25) is 5.91 Å². The largest absolute Gasteiger partial charge is 0.325 e. The van der Waals surface area contributed by atoms with Crippen LogP contribution in [0.3, 0.4) is 0 Å². The number of nitrogens with zero attached hydrogens (tertiary/aromatic N) is 2. The van der Waals surface area contributed by atoms with E-state index in [4.69, 9.17) is 0 Å². The smallest absolute Gasteiger partial charge is 0.254 e. The highest BCUT2D eigenvalue weighted by Gasteiger charge is 2.36. The number of amides is 2. The van der Waals surface area contributed by atoms with Crippen molar-refractivity contribution in [2.45, 2.75) is 19.9 Å². The molecular formula is C19H18BrFN2O2. The molecule has 1 fully saturated rings. The lowest BCUT2D eigenvalue weighted by molar-refractivity contribution is -0.124. The Labute approximate surface area is 154 Å². The van der Waals surface area contributed by atoms with Gasteiger partial charge in [0, 0.05) is 23.1 Å². The number of carbonyl (C=O) groups is 2. The molecule has 1 heterocycles. The van der Waals surface area contributed by atoms with Gasteiger partial charge in [-0.05, 0) is 49.7 Å². The summed E-state index contributed by atoms with van der Waals surface area (Å²) in [5, 5.41) is 0. The number of piperazine rings is 1. The van der Waals surface area contributed by atoms with Gasteiger partial charge in [0.25, 0.3) is 5.91 Å². The fourth-order valence-electron chi connectivity index (χ4n) is 3.00. The van der Waals surface area contributed by atoms with Crippen molar-refractivity contribution in [3.05, 3.63) is 63.9 Å². The van der Waals surface area contributed by atoms with E-state index in [0.29, 0.717) is 12.1 Å². The third-order valence-electron chi connectivity index (χ3n) is 4.38. The monoisotopic (exact) mass is 404 g/mol. The number of benzene rings is 2. The van der Waals surface area contributed by atoms with Crippen molar-refractivity contribution in [1.29, 1.82) is 0 Å². The maximum Gasteiger partial charge on any atom is 0.254 e. The van der Waals surface area contributed by atoms with Gasteiger partial charge in [0.05, 0.1) is 5.69 Å². The zero-order chi connectivity index (χ0) is 18.1. The Balaban J connectivity index is 1.84. The van der Waals surface area contributed by atoms with Crippen molar-refractivity contribution in [2.24, 2.45) is 0 Å². The summed E-state index contributed by atoms with van der Waals surface area (Å²) in [6.07, 6.45) is 0. The summed E-state index contributed by atoms with van der Waals surface area (Å²) in [7, 11) is 0. The summed E-state index contributed by atoms with van der Waals surface area (Å²) in [5.74, 6) is -0.913. The summed E-state index contributed by atoms with van der Waals surface area (Å²) >= 11 is 3.35. The molecule has 6 heteroatoms. The van der Waals surface area contributed by atoms with Gasteiger partial charge >= 0.3 is 0 Å². The van der Waals surface area contributed by atoms with Crippen LogP contribution in [-0.4, -0.2) is 35.8 Å². The lowest BCUT2D eigenvalue weighted by Gasteiger charge is -2.39. The molecule has 130 valence electrons. The van der Waals surface area contributed by atoms with E-state index in [9.17, 15) is 14.0 Å². The zero-order valence-corrected chi connectivity index (χ0v) is 15.6. The Bertz CT molecular complexity index is 840. The molecule has 1 saturated heterocycles. The van der Waals surface area contributed by atoms with E-state index in [2.05, 4.69) is 15.9 Å². The average molecular weight is 405 g/mol. The van der Waals surface area contributed by atoms with Gasteiger partial charge in [-0.1, -0.05) is 28.1 Å². The molecule has 1 aliphatic rings. The first-order chi connectivity index (χ1) is 11.9. The second kappa shape index (κ2) is 6.96. The summed E-state index contributed by atoms with van der Waals surface area (Å²) in [4.78, 5) is 28.5. The first-order valence-electron chi connectivity index (χ1n) is 8.02. The van der Waals surface area contributed by atoms with E-state index in [1.807, 2.05) is 13.0 Å². The molecule has 2 aromatic rings. The van der Waals surface area contributed by atoms with Gasteiger partial charge in [-0.3, -0.25) is 9.59 Å². The van der Waals surface area contributed by atoms with Crippen LogP contribution in [0.5, 0.6) is 0 Å². The van der Waals surface area contributed by atoms with Crippen molar-refractivity contribution in [3.63, 3.8) is 0 Å². The summed E-state index contributed by atoms with van der Waals surface area (Å²) in [5.41, 5.74) is 1.67. The highest BCUT2D eigenvalue weighted by atomic mass is 79.9. The number of hydrogen-bond donors (Lipinski definition) is 0. The van der Waals surface area contributed by atoms with Gasteiger partial charge < -0.3 is 9.80 Å². The predicted octanol–water partition coefficient (Wildman–Crippen LogP) is 3.77. The molecule has 2 aromatic carbocycles. The van der Waals surface area contributed by atoms with Crippen LogP contribution in [0.1, 0.15) is 22.8 Å². The minimum Gasteiger partial charge on any atom is -0.325 e. The first kappa shape index (κ1) is 17.6. The van der Waals surface area contributed by atoms with Crippen molar-refractivity contribution in [3.8, 4) is 0 Å². The highest BCUT2D eigenvalue weighted by molar-refractivity contribution is 9.10. The number of hydrogen-bond acceptors (Lipinski definition) is 2. The van der Waals surface area contributed by atoms with Crippen molar-refractivity contribution < 1.29 is 14.0 Å². The van der Waals surface area contributed by atoms with Crippen LogP contribution in [0.25, 0.3) is 0 Å². The van der Waals surface area contributed by atoms with Crippen LogP contribution >= 0.6 is 15.9 Å². The van der Waals surface area contributed by atoms with Gasteiger partial charge in [-0.2, -0.15) is 0 Å². The minimum atomic E-state index is -0.653. The normalized spacial score (nSPS) is 17.8. The van der Waals surface area contributed by atoms with E-state index < -0.39 is 11.9 Å². The maximum atomic E-state index is 14.1. The second-order valence-electron chi connectivity index (χ2n) is 6.13. The van der Waals surface area contributed by atoms with E-state index in [0.717, 1.165) is 10.0 Å². The molecule has 0 spiro atoms. The molecule has 1 aliphatic heterocycles. The Morgan fingerprint density at radius 1 is 1.20 bits per heavy atom. The number of carbonyl (C=O) groups excluding carboxylic acids is 2. The van der Waals surface area contributed by atoms with Crippen LogP contribution in [0, 0.1) is 12.7 Å². The fourth-order valence-corrected chi connectivity index (χ4v) is 3.40. The average Bonchev–Trinajstić information content (AvgIpc) is 2.59. The summed E-state index contributed by atoms with van der Waals surface area (Å²) < 4.78 is 14.9. The number of rotatable bonds is 2. The third-order valence-corrected chi connectivity index (χ3v) is 4.87. The van der Waals surface area contributed by atoms with E-state index in [-0.39, 0.29) is 24.0 Å². The molecule has 25 heavy (non-hydrogen) atoms. The molecule has 0 bridgehead atoms. The van der Waals surface area contributed by atoms with E-state index in [1.54, 1.807) is 37.3 Å². The van der Waals surface area contributed by atoms with Gasteiger partial charge in [-0.15, -0.1) is 0 Å². The second-order valence-corrected chi connectivity index (χ2v) is 7.05. The number of anilines is 1. The summed E-state index contributed by atoms with van der Waals surface area (Å²) in [6, 6.07) is 11.1. The van der Waals surface area contributed by atoms with Crippen LogP contribution in [0.2, 0.25) is 0 Å². The standard InChI is InChI=1S/C19H18BrFN2O2/c1-12-6-7-16(21)17(10-12)23-9-8-22(13(2)18(23)24)19(25)14-4-3-5-15(20)11-14/h3-7,10-11,13H,8-9H2,1-2H3. The van der Waals surface area contributed by atoms with Gasteiger partial charge in [0.1, 0.15) is 11.9 Å². The Hall–Kier alpha value is -2.21. The molecule has 0 radical (unpaired) electrons. The lowest BCUT2D eigenvalue weighted by atomic mass is 10.1. The molecule has 0 N–H and O–H groups in total. The SMILES string of the molecule is Cc1ccc(F)c(N2CCN(C(=O)c3cccc(Br)c3)C(C)C2=O)c1. The molecule has 1 unspecified atom stereocenters. The van der Waals surface area contributed by atoms with Crippen molar-refractivity contribution in [1.82, 2.24) is 4.90 Å². The molecular weight excluding hydrogens is 387 g/mol. The van der Waals surface area contributed by atoms with E-state index in [1.165, 1.54) is 15.9 Å². The Morgan fingerprint density at radius 3 is 2.68 bits per heavy atom. The molecule has 0 saturated carbocycles. The topological polar surface area (TPSA) is 40.6 Å². The van der Waals surface area contributed by atoms with Crippen LogP contribution < -0.4 is 4.90 Å². The van der Waals surface area contributed by atoms with Crippen LogP contribution in [0.15, 0.2) is 46.9 Å². The number of aryl methyl sites for hydroxylation is 1. The zero-order valence-electron chi connectivity index (χ0n) is 14.0. The van der Waals surface area contributed by atoms with Crippen molar-refractivity contribution in [2.75, 3.05) is 18.0 Å². The molecule has 2 amide bonds. The van der Waals surface area contributed by atoms with Gasteiger partial charge in [0.15, 0.2) is 0 Å².